The minimum absolute atomic E-state index is 0.0565. The Morgan fingerprint density at radius 3 is 2.21 bits per heavy atom. The number of nitrogens with zero attached hydrogens (tertiary/aromatic N) is 5. The van der Waals surface area contributed by atoms with Gasteiger partial charge in [0.05, 0.1) is 18.9 Å². The van der Waals surface area contributed by atoms with Crippen molar-refractivity contribution in [2.45, 2.75) is 45.6 Å². The first-order valence-corrected chi connectivity index (χ1v) is 14.1. The summed E-state index contributed by atoms with van der Waals surface area (Å²) in [6.45, 7) is 5.22. The van der Waals surface area contributed by atoms with Gasteiger partial charge in [-0.3, -0.25) is 4.79 Å². The molecule has 204 valence electrons. The molecule has 1 aliphatic heterocycles. The fourth-order valence-electron chi connectivity index (χ4n) is 4.60. The van der Waals surface area contributed by atoms with Crippen molar-refractivity contribution in [3.63, 3.8) is 0 Å². The summed E-state index contributed by atoms with van der Waals surface area (Å²) < 4.78 is 33.0. The molecule has 0 radical (unpaired) electrons. The van der Waals surface area contributed by atoms with Crippen molar-refractivity contribution < 1.29 is 18.3 Å². The summed E-state index contributed by atoms with van der Waals surface area (Å²) in [7, 11) is 0. The number of halogens is 2. The van der Waals surface area contributed by atoms with Gasteiger partial charge in [0, 0.05) is 29.1 Å². The lowest BCUT2D eigenvalue weighted by Crippen LogP contribution is -2.36. The summed E-state index contributed by atoms with van der Waals surface area (Å²) in [5, 5.41) is 5.55. The van der Waals surface area contributed by atoms with Crippen LogP contribution < -0.4 is 4.90 Å². The second-order valence-electron chi connectivity index (χ2n) is 9.66. The van der Waals surface area contributed by atoms with E-state index in [2.05, 4.69) is 15.0 Å². The highest BCUT2D eigenvalue weighted by Gasteiger charge is 2.19. The molecule has 39 heavy (non-hydrogen) atoms. The highest BCUT2D eigenvalue weighted by Crippen LogP contribution is 2.31. The van der Waals surface area contributed by atoms with Gasteiger partial charge in [0.15, 0.2) is 22.6 Å². The zero-order valence-corrected chi connectivity index (χ0v) is 22.7. The predicted molar refractivity (Wildman–Crippen MR) is 148 cm³/mol. The van der Waals surface area contributed by atoms with Crippen LogP contribution in [0.15, 0.2) is 48.5 Å². The number of hydrogen-bond donors (Lipinski definition) is 0. The van der Waals surface area contributed by atoms with E-state index in [4.69, 9.17) is 9.72 Å². The second kappa shape index (κ2) is 12.6. The Morgan fingerprint density at radius 1 is 0.897 bits per heavy atom. The summed E-state index contributed by atoms with van der Waals surface area (Å²) >= 11 is 1.91. The van der Waals surface area contributed by atoms with E-state index < -0.39 is 0 Å². The molecule has 10 heteroatoms. The average molecular weight is 552 g/mol. The summed E-state index contributed by atoms with van der Waals surface area (Å²) in [5.41, 5.74) is 2.66. The van der Waals surface area contributed by atoms with Crippen molar-refractivity contribution in [2.75, 3.05) is 31.2 Å². The Hall–Kier alpha value is -3.50. The van der Waals surface area contributed by atoms with Crippen molar-refractivity contribution in [2.24, 2.45) is 0 Å². The maximum atomic E-state index is 13.1. The van der Waals surface area contributed by atoms with Gasteiger partial charge in [0.2, 0.25) is 0 Å². The molecule has 2 aromatic heterocycles. The van der Waals surface area contributed by atoms with Gasteiger partial charge in [-0.2, -0.15) is 0 Å². The van der Waals surface area contributed by atoms with Crippen LogP contribution in [0.25, 0.3) is 22.8 Å². The maximum absolute atomic E-state index is 13.1. The van der Waals surface area contributed by atoms with Gasteiger partial charge in [-0.25, -0.2) is 23.4 Å². The van der Waals surface area contributed by atoms with Crippen molar-refractivity contribution >= 4 is 22.3 Å². The molecular weight excluding hydrogens is 520 g/mol. The van der Waals surface area contributed by atoms with E-state index in [1.165, 1.54) is 78.8 Å². The van der Waals surface area contributed by atoms with E-state index in [1.54, 1.807) is 29.1 Å². The molecule has 0 unspecified atom stereocenters. The Bertz CT molecular complexity index is 1370. The van der Waals surface area contributed by atoms with Gasteiger partial charge in [-0.1, -0.05) is 6.42 Å². The maximum Gasteiger partial charge on any atom is 0.185 e. The van der Waals surface area contributed by atoms with E-state index >= 15 is 0 Å². The largest absolute Gasteiger partial charge is 0.378 e. The van der Waals surface area contributed by atoms with Crippen LogP contribution >= 0.6 is 11.3 Å². The van der Waals surface area contributed by atoms with E-state index in [1.807, 2.05) is 11.3 Å². The normalized spacial score (nSPS) is 15.2. The topological polar surface area (TPSA) is 73.1 Å². The van der Waals surface area contributed by atoms with Crippen molar-refractivity contribution in [1.82, 2.24) is 19.7 Å². The molecule has 2 aromatic carbocycles. The van der Waals surface area contributed by atoms with Gasteiger partial charge in [0.1, 0.15) is 18.2 Å². The summed E-state index contributed by atoms with van der Waals surface area (Å²) in [6.07, 6.45) is 6.47. The number of fused-ring (bicyclic) bond motifs is 1. The number of carbonyl (C=O) groups excluding carboxylic acids is 1. The van der Waals surface area contributed by atoms with Gasteiger partial charge < -0.3 is 9.64 Å². The van der Waals surface area contributed by atoms with Crippen molar-refractivity contribution in [1.29, 1.82) is 0 Å². The first-order chi connectivity index (χ1) is 19.0. The SMILES string of the molecule is C1CCc2nc(N3CCOCC3)sc2CC1.CC(=O)Cn1nc(-c2ccc(F)cc2)nc1-c1ccc(F)cc1. The van der Waals surface area contributed by atoms with Crippen LogP contribution in [-0.4, -0.2) is 51.8 Å². The second-order valence-corrected chi connectivity index (χ2v) is 10.7. The quantitative estimate of drug-likeness (QED) is 0.295. The smallest absolute Gasteiger partial charge is 0.185 e. The van der Waals surface area contributed by atoms with Crippen LogP contribution in [0.3, 0.4) is 0 Å². The van der Waals surface area contributed by atoms with Crippen LogP contribution in [-0.2, 0) is 28.9 Å². The molecular formula is C29H31F2N5O2S. The third-order valence-corrected chi connectivity index (χ3v) is 7.83. The number of hydrogen-bond acceptors (Lipinski definition) is 7. The van der Waals surface area contributed by atoms with E-state index in [9.17, 15) is 13.6 Å². The number of thiazole rings is 1. The van der Waals surface area contributed by atoms with Gasteiger partial charge in [-0.05, 0) is 81.1 Å². The predicted octanol–water partition coefficient (Wildman–Crippen LogP) is 5.73. The molecule has 6 rings (SSSR count). The lowest BCUT2D eigenvalue weighted by molar-refractivity contribution is -0.117. The summed E-state index contributed by atoms with van der Waals surface area (Å²) in [5.74, 6) is 0.0508. The molecule has 7 nitrogen and oxygen atoms in total. The van der Waals surface area contributed by atoms with E-state index in [-0.39, 0.29) is 24.0 Å². The van der Waals surface area contributed by atoms with Crippen LogP contribution in [0.4, 0.5) is 13.9 Å². The minimum atomic E-state index is -0.356. The molecule has 1 aliphatic carbocycles. The lowest BCUT2D eigenvalue weighted by Gasteiger charge is -2.26. The van der Waals surface area contributed by atoms with Gasteiger partial charge in [0.25, 0.3) is 0 Å². The van der Waals surface area contributed by atoms with Crippen molar-refractivity contribution in [3.8, 4) is 22.8 Å². The van der Waals surface area contributed by atoms with Crippen LogP contribution in [0.5, 0.6) is 0 Å². The van der Waals surface area contributed by atoms with Crippen LogP contribution in [0, 0.1) is 11.6 Å². The molecule has 0 spiro atoms. The first-order valence-electron chi connectivity index (χ1n) is 13.2. The molecule has 0 bridgehead atoms. The number of rotatable bonds is 5. The third kappa shape index (κ3) is 6.93. The zero-order chi connectivity index (χ0) is 27.2. The van der Waals surface area contributed by atoms with Gasteiger partial charge in [-0.15, -0.1) is 16.4 Å². The Morgan fingerprint density at radius 2 is 1.54 bits per heavy atom. The minimum Gasteiger partial charge on any atom is -0.378 e. The first kappa shape index (κ1) is 27.1. The van der Waals surface area contributed by atoms with Gasteiger partial charge >= 0.3 is 0 Å². The summed E-state index contributed by atoms with van der Waals surface area (Å²) in [4.78, 5) is 24.6. The monoisotopic (exact) mass is 551 g/mol. The van der Waals surface area contributed by atoms with E-state index in [0.29, 0.717) is 22.8 Å². The number of ether oxygens (including phenoxy) is 1. The van der Waals surface area contributed by atoms with Crippen LogP contribution in [0.2, 0.25) is 0 Å². The fraction of sp³-hybridized carbons (Fsp3) is 0.379. The van der Waals surface area contributed by atoms with Crippen molar-refractivity contribution in [3.05, 3.63) is 70.7 Å². The standard InChI is InChI=1S/C17H13F2N3O.C12H18N2OS/c1-11(23)10-22-17(13-4-8-15(19)9-5-13)20-16(21-22)12-2-6-14(18)7-3-12;1-2-4-10-11(5-3-1)16-12(13-10)14-6-8-15-9-7-14/h2-9H,10H2,1H3;1-9H2. The number of carbonyl (C=O) groups is 1. The zero-order valence-electron chi connectivity index (χ0n) is 21.9. The molecule has 0 amide bonds. The molecule has 1 saturated heterocycles. The Labute approximate surface area is 230 Å². The third-order valence-electron chi connectivity index (χ3n) is 6.61. The van der Waals surface area contributed by atoms with E-state index in [0.717, 1.165) is 26.3 Å². The number of benzene rings is 2. The fourth-order valence-corrected chi connectivity index (χ4v) is 5.80. The number of aromatic nitrogens is 4. The molecule has 2 aliphatic rings. The molecule has 0 atom stereocenters. The number of morpholine rings is 1. The Kier molecular flexibility index (Phi) is 8.73. The molecule has 0 N–H and O–H groups in total. The lowest BCUT2D eigenvalue weighted by atomic mass is 10.2. The highest BCUT2D eigenvalue weighted by atomic mass is 32.1. The Balaban J connectivity index is 0.000000168. The molecule has 4 aromatic rings. The summed E-state index contributed by atoms with van der Waals surface area (Å²) in [6, 6.07) is 11.6. The average Bonchev–Trinajstić information content (AvgIpc) is 3.48. The number of Topliss-reactive ketones (excluding diaryl/α,β-unsaturated/α-hetero) is 1. The molecule has 3 heterocycles. The molecule has 0 saturated carbocycles. The highest BCUT2D eigenvalue weighted by molar-refractivity contribution is 7.15. The van der Waals surface area contributed by atoms with Crippen LogP contribution in [0.1, 0.15) is 36.8 Å². The number of anilines is 1. The number of ketones is 1. The number of aryl methyl sites for hydroxylation is 2. The molecule has 1 fully saturated rings.